The van der Waals surface area contributed by atoms with Crippen LogP contribution in [0, 0.1) is 12.8 Å². The van der Waals surface area contributed by atoms with Crippen molar-refractivity contribution >= 4 is 10.8 Å². The minimum absolute atomic E-state index is 0.560. The molecule has 16 heavy (non-hydrogen) atoms. The summed E-state index contributed by atoms with van der Waals surface area (Å²) in [4.78, 5) is 0. The molecule has 0 aromatic carbocycles. The molecule has 1 saturated heterocycles. The predicted octanol–water partition coefficient (Wildman–Crippen LogP) is 0.892. The molecule has 0 unspecified atom stereocenters. The van der Waals surface area contributed by atoms with Crippen molar-refractivity contribution in [3.63, 3.8) is 0 Å². The first kappa shape index (κ1) is 11.7. The smallest absolute Gasteiger partial charge is 0.149 e. The molecule has 1 aromatic rings. The van der Waals surface area contributed by atoms with E-state index in [0.29, 0.717) is 10.9 Å². The van der Waals surface area contributed by atoms with Crippen molar-refractivity contribution in [2.45, 2.75) is 24.8 Å². The lowest BCUT2D eigenvalue weighted by Crippen LogP contribution is -2.30. The van der Waals surface area contributed by atoms with E-state index < -0.39 is 10.8 Å². The second-order valence-electron chi connectivity index (χ2n) is 4.22. The zero-order chi connectivity index (χ0) is 11.4. The summed E-state index contributed by atoms with van der Waals surface area (Å²) in [6.45, 7) is 3.97. The standard InChI is InChI=1S/C11H17N3OS/c1-9-2-3-11(14-13-9)16(15)8-10-4-6-12-7-5-10/h2-3,10,12H,4-8H2,1H3/t16-/m1/s1. The third-order valence-electron chi connectivity index (χ3n) is 2.85. The average molecular weight is 239 g/mol. The first-order valence-electron chi connectivity index (χ1n) is 5.65. The van der Waals surface area contributed by atoms with Gasteiger partial charge in [0.1, 0.15) is 5.03 Å². The van der Waals surface area contributed by atoms with E-state index in [9.17, 15) is 4.21 Å². The molecule has 1 atom stereocenters. The Balaban J connectivity index is 1.94. The molecular formula is C11H17N3OS. The van der Waals surface area contributed by atoms with Gasteiger partial charge < -0.3 is 5.32 Å². The monoisotopic (exact) mass is 239 g/mol. The van der Waals surface area contributed by atoms with Gasteiger partial charge in [0.15, 0.2) is 0 Å². The van der Waals surface area contributed by atoms with E-state index in [2.05, 4.69) is 15.5 Å². The third-order valence-corrected chi connectivity index (χ3v) is 4.31. The molecule has 2 heterocycles. The quantitative estimate of drug-likeness (QED) is 0.851. The minimum Gasteiger partial charge on any atom is -0.317 e. The van der Waals surface area contributed by atoms with Crippen LogP contribution in [0.4, 0.5) is 0 Å². The van der Waals surface area contributed by atoms with Gasteiger partial charge in [-0.1, -0.05) is 0 Å². The SMILES string of the molecule is Cc1ccc([S@](=O)CC2CCNCC2)nn1. The van der Waals surface area contributed by atoms with E-state index in [1.54, 1.807) is 0 Å². The topological polar surface area (TPSA) is 54.9 Å². The molecular weight excluding hydrogens is 222 g/mol. The van der Waals surface area contributed by atoms with E-state index in [-0.39, 0.29) is 0 Å². The van der Waals surface area contributed by atoms with E-state index in [1.165, 1.54) is 0 Å². The molecule has 1 fully saturated rings. The minimum atomic E-state index is -0.991. The number of hydrogen-bond donors (Lipinski definition) is 1. The summed E-state index contributed by atoms with van der Waals surface area (Å²) in [7, 11) is -0.991. The number of hydrogen-bond acceptors (Lipinski definition) is 4. The molecule has 1 N–H and O–H groups in total. The summed E-state index contributed by atoms with van der Waals surface area (Å²) in [5.74, 6) is 1.28. The Kier molecular flexibility index (Phi) is 4.01. The zero-order valence-corrected chi connectivity index (χ0v) is 10.3. The molecule has 1 aliphatic heterocycles. The molecule has 1 aliphatic rings. The van der Waals surface area contributed by atoms with Gasteiger partial charge in [0, 0.05) is 5.75 Å². The lowest BCUT2D eigenvalue weighted by molar-refractivity contribution is 0.405. The summed E-state index contributed by atoms with van der Waals surface area (Å²) >= 11 is 0. The second-order valence-corrected chi connectivity index (χ2v) is 5.66. The van der Waals surface area contributed by atoms with Gasteiger partial charge in [0.05, 0.1) is 16.5 Å². The molecule has 0 aliphatic carbocycles. The number of piperidine rings is 1. The fraction of sp³-hybridized carbons (Fsp3) is 0.636. The van der Waals surface area contributed by atoms with Crippen LogP contribution < -0.4 is 5.32 Å². The number of aromatic nitrogens is 2. The van der Waals surface area contributed by atoms with Crippen LogP contribution in [0.2, 0.25) is 0 Å². The Morgan fingerprint density at radius 2 is 2.12 bits per heavy atom. The summed E-state index contributed by atoms with van der Waals surface area (Å²) in [6.07, 6.45) is 2.23. The van der Waals surface area contributed by atoms with E-state index >= 15 is 0 Å². The second kappa shape index (κ2) is 5.50. The van der Waals surface area contributed by atoms with Gasteiger partial charge in [-0.15, -0.1) is 5.10 Å². The van der Waals surface area contributed by atoms with Crippen molar-refractivity contribution in [2.24, 2.45) is 5.92 Å². The Labute approximate surface area is 98.3 Å². The summed E-state index contributed by atoms with van der Waals surface area (Å²) < 4.78 is 12.0. The highest BCUT2D eigenvalue weighted by molar-refractivity contribution is 7.84. The van der Waals surface area contributed by atoms with Gasteiger partial charge in [-0.05, 0) is 50.9 Å². The Morgan fingerprint density at radius 3 is 2.75 bits per heavy atom. The number of rotatable bonds is 3. The highest BCUT2D eigenvalue weighted by atomic mass is 32.2. The van der Waals surface area contributed by atoms with Crippen LogP contribution in [0.15, 0.2) is 17.2 Å². The van der Waals surface area contributed by atoms with Gasteiger partial charge in [-0.25, -0.2) is 0 Å². The number of aryl methyl sites for hydroxylation is 1. The molecule has 0 radical (unpaired) electrons. The van der Waals surface area contributed by atoms with Crippen molar-refractivity contribution in [2.75, 3.05) is 18.8 Å². The fourth-order valence-electron chi connectivity index (χ4n) is 1.86. The lowest BCUT2D eigenvalue weighted by atomic mass is 10.0. The molecule has 0 spiro atoms. The van der Waals surface area contributed by atoms with E-state index in [4.69, 9.17) is 0 Å². The first-order chi connectivity index (χ1) is 7.75. The number of nitrogens with one attached hydrogen (secondary N) is 1. The zero-order valence-electron chi connectivity index (χ0n) is 9.48. The van der Waals surface area contributed by atoms with Crippen molar-refractivity contribution in [3.05, 3.63) is 17.8 Å². The van der Waals surface area contributed by atoms with Crippen LogP contribution in [0.5, 0.6) is 0 Å². The summed E-state index contributed by atoms with van der Waals surface area (Å²) in [6, 6.07) is 3.68. The van der Waals surface area contributed by atoms with Crippen molar-refractivity contribution in [1.29, 1.82) is 0 Å². The van der Waals surface area contributed by atoms with Crippen molar-refractivity contribution in [3.8, 4) is 0 Å². The molecule has 1 aromatic heterocycles. The summed E-state index contributed by atoms with van der Waals surface area (Å²) in [5.41, 5.74) is 0.864. The molecule has 0 saturated carbocycles. The van der Waals surface area contributed by atoms with Crippen LogP contribution in [0.1, 0.15) is 18.5 Å². The Morgan fingerprint density at radius 1 is 1.38 bits per heavy atom. The lowest BCUT2D eigenvalue weighted by Gasteiger charge is -2.21. The molecule has 5 heteroatoms. The predicted molar refractivity (Wildman–Crippen MR) is 63.6 cm³/mol. The largest absolute Gasteiger partial charge is 0.317 e. The molecule has 4 nitrogen and oxygen atoms in total. The fourth-order valence-corrected chi connectivity index (χ4v) is 3.14. The summed E-state index contributed by atoms with van der Waals surface area (Å²) in [5, 5.41) is 11.8. The maximum absolute atomic E-state index is 12.0. The maximum Gasteiger partial charge on any atom is 0.149 e. The molecule has 2 rings (SSSR count). The average Bonchev–Trinajstić information content (AvgIpc) is 2.31. The van der Waals surface area contributed by atoms with Crippen LogP contribution >= 0.6 is 0 Å². The maximum atomic E-state index is 12.0. The molecule has 0 bridgehead atoms. The van der Waals surface area contributed by atoms with Crippen LogP contribution in [0.25, 0.3) is 0 Å². The highest BCUT2D eigenvalue weighted by Crippen LogP contribution is 2.15. The first-order valence-corrected chi connectivity index (χ1v) is 6.97. The van der Waals surface area contributed by atoms with Gasteiger partial charge in [-0.2, -0.15) is 5.10 Å². The van der Waals surface area contributed by atoms with Crippen LogP contribution in [-0.2, 0) is 10.8 Å². The molecule has 88 valence electrons. The normalized spacial score (nSPS) is 19.6. The molecule has 0 amide bonds. The van der Waals surface area contributed by atoms with Crippen molar-refractivity contribution in [1.82, 2.24) is 15.5 Å². The highest BCUT2D eigenvalue weighted by Gasteiger charge is 2.17. The van der Waals surface area contributed by atoms with E-state index in [0.717, 1.165) is 37.4 Å². The van der Waals surface area contributed by atoms with Crippen molar-refractivity contribution < 1.29 is 4.21 Å². The van der Waals surface area contributed by atoms with Gasteiger partial charge >= 0.3 is 0 Å². The Bertz CT molecular complexity index is 360. The van der Waals surface area contributed by atoms with E-state index in [1.807, 2.05) is 19.1 Å². The number of nitrogens with zero attached hydrogens (tertiary/aromatic N) is 2. The van der Waals surface area contributed by atoms with Crippen LogP contribution in [0.3, 0.4) is 0 Å². The van der Waals surface area contributed by atoms with Crippen LogP contribution in [-0.4, -0.2) is 33.2 Å². The van der Waals surface area contributed by atoms with Gasteiger partial charge in [-0.3, -0.25) is 4.21 Å². The third kappa shape index (κ3) is 3.09. The van der Waals surface area contributed by atoms with Gasteiger partial charge in [0.2, 0.25) is 0 Å². The van der Waals surface area contributed by atoms with Gasteiger partial charge in [0.25, 0.3) is 0 Å². The Hall–Kier alpha value is -0.810.